The Labute approximate surface area is 188 Å². The lowest BCUT2D eigenvalue weighted by molar-refractivity contribution is 0.327. The molecule has 1 fully saturated rings. The van der Waals surface area contributed by atoms with Gasteiger partial charge in [0, 0.05) is 48.0 Å². The van der Waals surface area contributed by atoms with Crippen LogP contribution in [0.25, 0.3) is 10.9 Å². The predicted molar refractivity (Wildman–Crippen MR) is 129 cm³/mol. The number of ether oxygens (including phenoxy) is 3. The Morgan fingerprint density at radius 1 is 1.00 bits per heavy atom. The molecule has 1 saturated heterocycles. The van der Waals surface area contributed by atoms with Crippen molar-refractivity contribution < 1.29 is 14.2 Å². The van der Waals surface area contributed by atoms with E-state index in [9.17, 15) is 4.79 Å². The van der Waals surface area contributed by atoms with E-state index in [1.54, 1.807) is 27.4 Å². The number of hydrogen-bond acceptors (Lipinski definition) is 6. The summed E-state index contributed by atoms with van der Waals surface area (Å²) in [5, 5.41) is 4.12. The van der Waals surface area contributed by atoms with Gasteiger partial charge in [0.2, 0.25) is 5.75 Å². The van der Waals surface area contributed by atoms with Crippen molar-refractivity contribution in [2.75, 3.05) is 44.6 Å². The van der Waals surface area contributed by atoms with Crippen LogP contribution in [0.3, 0.4) is 0 Å². The highest BCUT2D eigenvalue weighted by atomic mass is 16.5. The van der Waals surface area contributed by atoms with Crippen molar-refractivity contribution in [2.24, 2.45) is 5.92 Å². The van der Waals surface area contributed by atoms with Gasteiger partial charge < -0.3 is 29.4 Å². The van der Waals surface area contributed by atoms with Gasteiger partial charge in [0.25, 0.3) is 5.56 Å². The number of anilines is 2. The van der Waals surface area contributed by atoms with E-state index < -0.39 is 0 Å². The fraction of sp³-hybridized carbons (Fsp3) is 0.400. The number of rotatable bonds is 7. The summed E-state index contributed by atoms with van der Waals surface area (Å²) in [5.41, 5.74) is 3.30. The van der Waals surface area contributed by atoms with Gasteiger partial charge in [-0.05, 0) is 49.1 Å². The second-order valence-corrected chi connectivity index (χ2v) is 8.30. The number of hydrogen-bond donors (Lipinski definition) is 2. The number of fused-ring (bicyclic) bond motifs is 1. The molecular formula is C25H31N3O4. The molecule has 0 bridgehead atoms. The van der Waals surface area contributed by atoms with E-state index in [4.69, 9.17) is 14.2 Å². The molecule has 0 spiro atoms. The molecule has 1 aliphatic heterocycles. The molecule has 0 saturated carbocycles. The molecule has 0 unspecified atom stereocenters. The molecule has 170 valence electrons. The Kier molecular flexibility index (Phi) is 6.44. The SMILES string of the molecule is COc1cc2[nH]c(=O)c(CNc3ccc(N4CCC(C)CC4)cc3)cc2c(OC)c1OC. The van der Waals surface area contributed by atoms with Crippen LogP contribution in [-0.4, -0.2) is 39.4 Å². The number of nitrogens with zero attached hydrogens (tertiary/aromatic N) is 1. The van der Waals surface area contributed by atoms with Crippen LogP contribution in [0.2, 0.25) is 0 Å². The van der Waals surface area contributed by atoms with E-state index in [1.165, 1.54) is 18.5 Å². The van der Waals surface area contributed by atoms with Gasteiger partial charge in [-0.1, -0.05) is 6.92 Å². The maximum Gasteiger partial charge on any atom is 0.253 e. The van der Waals surface area contributed by atoms with Crippen LogP contribution in [0, 0.1) is 5.92 Å². The first kappa shape index (κ1) is 21.9. The number of methoxy groups -OCH3 is 3. The van der Waals surface area contributed by atoms with Gasteiger partial charge in [-0.3, -0.25) is 4.79 Å². The monoisotopic (exact) mass is 437 g/mol. The lowest BCUT2D eigenvalue weighted by Gasteiger charge is -2.32. The van der Waals surface area contributed by atoms with E-state index in [-0.39, 0.29) is 5.56 Å². The molecule has 3 aromatic rings. The van der Waals surface area contributed by atoms with Crippen molar-refractivity contribution in [3.63, 3.8) is 0 Å². The van der Waals surface area contributed by atoms with Gasteiger partial charge in [-0.25, -0.2) is 0 Å². The van der Waals surface area contributed by atoms with Gasteiger partial charge in [-0.15, -0.1) is 0 Å². The molecule has 7 heteroatoms. The maximum absolute atomic E-state index is 12.7. The highest BCUT2D eigenvalue weighted by molar-refractivity contribution is 5.90. The van der Waals surface area contributed by atoms with Crippen molar-refractivity contribution in [1.29, 1.82) is 0 Å². The third kappa shape index (κ3) is 4.33. The van der Waals surface area contributed by atoms with E-state index in [0.717, 1.165) is 30.1 Å². The molecule has 0 atom stereocenters. The standard InChI is InChI=1S/C25H31N3O4/c1-16-9-11-28(12-10-16)19-7-5-18(6-8-19)26-15-17-13-20-21(27-25(17)29)14-22(30-2)24(32-4)23(20)31-3/h5-8,13-14,16,26H,9-12,15H2,1-4H3,(H,27,29). The molecule has 32 heavy (non-hydrogen) atoms. The van der Waals surface area contributed by atoms with Crippen LogP contribution in [0.5, 0.6) is 17.2 Å². The molecular weight excluding hydrogens is 406 g/mol. The van der Waals surface area contributed by atoms with Crippen molar-refractivity contribution in [1.82, 2.24) is 4.98 Å². The van der Waals surface area contributed by atoms with Crippen molar-refractivity contribution in [3.05, 3.63) is 52.3 Å². The first-order valence-electron chi connectivity index (χ1n) is 11.0. The van der Waals surface area contributed by atoms with Crippen molar-refractivity contribution >= 4 is 22.3 Å². The van der Waals surface area contributed by atoms with Crippen LogP contribution < -0.4 is 30.0 Å². The average molecular weight is 438 g/mol. The summed E-state index contributed by atoms with van der Waals surface area (Å²) in [6.07, 6.45) is 2.48. The number of pyridine rings is 1. The molecule has 0 amide bonds. The summed E-state index contributed by atoms with van der Waals surface area (Å²) in [5.74, 6) is 2.34. The minimum Gasteiger partial charge on any atom is -0.493 e. The zero-order chi connectivity index (χ0) is 22.7. The second-order valence-electron chi connectivity index (χ2n) is 8.30. The highest BCUT2D eigenvalue weighted by Gasteiger charge is 2.18. The van der Waals surface area contributed by atoms with E-state index >= 15 is 0 Å². The topological polar surface area (TPSA) is 75.8 Å². The summed E-state index contributed by atoms with van der Waals surface area (Å²) in [6, 6.07) is 12.0. The Hall–Kier alpha value is -3.35. The molecule has 0 aliphatic carbocycles. The Bertz CT molecular complexity index is 1130. The molecule has 2 aromatic carbocycles. The zero-order valence-corrected chi connectivity index (χ0v) is 19.2. The van der Waals surface area contributed by atoms with Crippen LogP contribution in [0.1, 0.15) is 25.3 Å². The molecule has 2 heterocycles. The van der Waals surface area contributed by atoms with Gasteiger partial charge in [-0.2, -0.15) is 0 Å². The average Bonchev–Trinajstić information content (AvgIpc) is 2.82. The fourth-order valence-corrected chi connectivity index (χ4v) is 4.25. The Morgan fingerprint density at radius 2 is 1.69 bits per heavy atom. The van der Waals surface area contributed by atoms with Crippen LogP contribution in [0.4, 0.5) is 11.4 Å². The largest absolute Gasteiger partial charge is 0.493 e. The quantitative estimate of drug-likeness (QED) is 0.571. The minimum atomic E-state index is -0.154. The number of aromatic amines is 1. The highest BCUT2D eigenvalue weighted by Crippen LogP contribution is 2.42. The number of H-pyrrole nitrogens is 1. The van der Waals surface area contributed by atoms with Crippen LogP contribution in [-0.2, 0) is 6.54 Å². The molecule has 1 aromatic heterocycles. The fourth-order valence-electron chi connectivity index (χ4n) is 4.25. The van der Waals surface area contributed by atoms with E-state index in [2.05, 4.69) is 46.4 Å². The lowest BCUT2D eigenvalue weighted by Crippen LogP contribution is -2.32. The number of nitrogens with one attached hydrogen (secondary N) is 2. The van der Waals surface area contributed by atoms with E-state index in [1.807, 2.05) is 6.07 Å². The van der Waals surface area contributed by atoms with Gasteiger partial charge in [0.1, 0.15) is 0 Å². The number of piperidine rings is 1. The lowest BCUT2D eigenvalue weighted by atomic mass is 9.99. The third-order valence-corrected chi connectivity index (χ3v) is 6.23. The van der Waals surface area contributed by atoms with Gasteiger partial charge >= 0.3 is 0 Å². The predicted octanol–water partition coefficient (Wildman–Crippen LogP) is 4.40. The van der Waals surface area contributed by atoms with Crippen molar-refractivity contribution in [2.45, 2.75) is 26.3 Å². The first-order valence-corrected chi connectivity index (χ1v) is 11.0. The normalized spacial score (nSPS) is 14.4. The first-order chi connectivity index (χ1) is 15.5. The number of benzene rings is 2. The van der Waals surface area contributed by atoms with Gasteiger partial charge in [0.05, 0.1) is 26.8 Å². The summed E-state index contributed by atoms with van der Waals surface area (Å²) in [4.78, 5) is 18.0. The number of aromatic nitrogens is 1. The molecule has 0 radical (unpaired) electrons. The minimum absolute atomic E-state index is 0.154. The summed E-state index contributed by atoms with van der Waals surface area (Å²) >= 11 is 0. The molecule has 2 N–H and O–H groups in total. The van der Waals surface area contributed by atoms with Crippen LogP contribution in [0.15, 0.2) is 41.2 Å². The summed E-state index contributed by atoms with van der Waals surface area (Å²) in [6.45, 7) is 4.93. The smallest absolute Gasteiger partial charge is 0.253 e. The molecule has 1 aliphatic rings. The molecule has 4 rings (SSSR count). The summed E-state index contributed by atoms with van der Waals surface area (Å²) < 4.78 is 16.4. The van der Waals surface area contributed by atoms with Crippen molar-refractivity contribution in [3.8, 4) is 17.2 Å². The molecule has 7 nitrogen and oxygen atoms in total. The Balaban J connectivity index is 1.54. The zero-order valence-electron chi connectivity index (χ0n) is 19.2. The van der Waals surface area contributed by atoms with E-state index in [0.29, 0.717) is 34.9 Å². The summed E-state index contributed by atoms with van der Waals surface area (Å²) in [7, 11) is 4.69. The maximum atomic E-state index is 12.7. The second kappa shape index (κ2) is 9.42. The van der Waals surface area contributed by atoms with Crippen LogP contribution >= 0.6 is 0 Å². The third-order valence-electron chi connectivity index (χ3n) is 6.23. The van der Waals surface area contributed by atoms with Gasteiger partial charge in [0.15, 0.2) is 11.5 Å². The Morgan fingerprint density at radius 3 is 2.31 bits per heavy atom.